The Morgan fingerprint density at radius 1 is 1.14 bits per heavy atom. The molecule has 1 aliphatic rings. The van der Waals surface area contributed by atoms with Gasteiger partial charge in [0.2, 0.25) is 11.8 Å². The Morgan fingerprint density at radius 3 is 2.24 bits per heavy atom. The summed E-state index contributed by atoms with van der Waals surface area (Å²) in [5.41, 5.74) is 0. The molecule has 0 saturated carbocycles. The smallest absolute Gasteiger partial charge is 0.225 e. The van der Waals surface area contributed by atoms with E-state index in [2.05, 4.69) is 26.1 Å². The molecular formula is C17H32N2O2. The van der Waals surface area contributed by atoms with Crippen LogP contribution in [-0.4, -0.2) is 35.8 Å². The summed E-state index contributed by atoms with van der Waals surface area (Å²) in [6.45, 7) is 11.6. The van der Waals surface area contributed by atoms with Crippen LogP contribution in [0.2, 0.25) is 0 Å². The van der Waals surface area contributed by atoms with Gasteiger partial charge in [-0.15, -0.1) is 0 Å². The van der Waals surface area contributed by atoms with Crippen molar-refractivity contribution in [2.45, 2.75) is 66.3 Å². The SMILES string of the molecule is CCC1CC(NC(=O)C(C)C)CN(C(=O)C(CC)CC)C1. The lowest BCUT2D eigenvalue weighted by molar-refractivity contribution is -0.139. The highest BCUT2D eigenvalue weighted by Crippen LogP contribution is 2.23. The highest BCUT2D eigenvalue weighted by Gasteiger charge is 2.32. The Bertz CT molecular complexity index is 351. The molecule has 21 heavy (non-hydrogen) atoms. The van der Waals surface area contributed by atoms with E-state index in [1.54, 1.807) is 0 Å². The van der Waals surface area contributed by atoms with Gasteiger partial charge >= 0.3 is 0 Å². The molecule has 0 aromatic rings. The van der Waals surface area contributed by atoms with Crippen molar-refractivity contribution >= 4 is 11.8 Å². The molecule has 1 rings (SSSR count). The summed E-state index contributed by atoms with van der Waals surface area (Å²) in [5.74, 6) is 0.973. The van der Waals surface area contributed by atoms with E-state index in [0.29, 0.717) is 12.5 Å². The lowest BCUT2D eigenvalue weighted by Gasteiger charge is -2.39. The summed E-state index contributed by atoms with van der Waals surface area (Å²) in [6.07, 6.45) is 3.83. The number of hydrogen-bond donors (Lipinski definition) is 1. The van der Waals surface area contributed by atoms with Crippen LogP contribution in [0, 0.1) is 17.8 Å². The zero-order chi connectivity index (χ0) is 16.0. The van der Waals surface area contributed by atoms with Crippen LogP contribution in [0.5, 0.6) is 0 Å². The van der Waals surface area contributed by atoms with Crippen LogP contribution in [0.15, 0.2) is 0 Å². The topological polar surface area (TPSA) is 49.4 Å². The van der Waals surface area contributed by atoms with Crippen LogP contribution >= 0.6 is 0 Å². The molecule has 0 aromatic heterocycles. The van der Waals surface area contributed by atoms with Crippen LogP contribution in [-0.2, 0) is 9.59 Å². The van der Waals surface area contributed by atoms with Gasteiger partial charge in [-0.05, 0) is 25.2 Å². The molecule has 4 nitrogen and oxygen atoms in total. The molecule has 122 valence electrons. The second kappa shape index (κ2) is 8.40. The minimum atomic E-state index is -0.00446. The van der Waals surface area contributed by atoms with Gasteiger partial charge in [0.05, 0.1) is 0 Å². The number of hydrogen-bond acceptors (Lipinski definition) is 2. The first-order valence-electron chi connectivity index (χ1n) is 8.51. The number of carbonyl (C=O) groups excluding carboxylic acids is 2. The first-order chi connectivity index (χ1) is 9.92. The fraction of sp³-hybridized carbons (Fsp3) is 0.882. The fourth-order valence-corrected chi connectivity index (χ4v) is 3.05. The predicted octanol–water partition coefficient (Wildman–Crippen LogP) is 2.82. The Labute approximate surface area is 129 Å². The largest absolute Gasteiger partial charge is 0.351 e. The van der Waals surface area contributed by atoms with E-state index in [0.717, 1.165) is 32.2 Å². The maximum atomic E-state index is 12.6. The van der Waals surface area contributed by atoms with Crippen LogP contribution in [0.3, 0.4) is 0 Å². The van der Waals surface area contributed by atoms with Gasteiger partial charge in [0.1, 0.15) is 0 Å². The van der Waals surface area contributed by atoms with Crippen molar-refractivity contribution in [1.29, 1.82) is 0 Å². The van der Waals surface area contributed by atoms with Gasteiger partial charge < -0.3 is 10.2 Å². The molecule has 1 saturated heterocycles. The number of rotatable bonds is 6. The van der Waals surface area contributed by atoms with E-state index >= 15 is 0 Å². The van der Waals surface area contributed by atoms with Crippen molar-refractivity contribution in [3.8, 4) is 0 Å². The minimum absolute atomic E-state index is 0.00446. The molecule has 0 spiro atoms. The summed E-state index contributed by atoms with van der Waals surface area (Å²) < 4.78 is 0. The van der Waals surface area contributed by atoms with Crippen molar-refractivity contribution in [2.24, 2.45) is 17.8 Å². The molecule has 1 aliphatic heterocycles. The van der Waals surface area contributed by atoms with Crippen LogP contribution < -0.4 is 5.32 Å². The minimum Gasteiger partial charge on any atom is -0.351 e. The summed E-state index contributed by atoms with van der Waals surface area (Å²) >= 11 is 0. The number of nitrogens with one attached hydrogen (secondary N) is 1. The van der Waals surface area contributed by atoms with Gasteiger partial charge in [-0.1, -0.05) is 41.0 Å². The third-order valence-electron chi connectivity index (χ3n) is 4.63. The Morgan fingerprint density at radius 2 is 1.76 bits per heavy atom. The summed E-state index contributed by atoms with van der Waals surface area (Å²) in [7, 11) is 0. The third-order valence-corrected chi connectivity index (χ3v) is 4.63. The fourth-order valence-electron chi connectivity index (χ4n) is 3.05. The lowest BCUT2D eigenvalue weighted by Crippen LogP contribution is -2.54. The second-order valence-electron chi connectivity index (χ2n) is 6.63. The first kappa shape index (κ1) is 18.0. The van der Waals surface area contributed by atoms with Gasteiger partial charge in [-0.25, -0.2) is 0 Å². The molecule has 2 amide bonds. The second-order valence-corrected chi connectivity index (χ2v) is 6.63. The zero-order valence-corrected chi connectivity index (χ0v) is 14.3. The van der Waals surface area contributed by atoms with E-state index < -0.39 is 0 Å². The standard InChI is InChI=1S/C17H32N2O2/c1-6-13-9-15(18-16(20)12(4)5)11-19(10-13)17(21)14(7-2)8-3/h12-15H,6-11H2,1-5H3,(H,18,20). The van der Waals surface area contributed by atoms with Gasteiger partial charge in [0.15, 0.2) is 0 Å². The summed E-state index contributed by atoms with van der Waals surface area (Å²) in [4.78, 5) is 26.5. The van der Waals surface area contributed by atoms with Gasteiger partial charge in [0.25, 0.3) is 0 Å². The van der Waals surface area contributed by atoms with Gasteiger partial charge in [0, 0.05) is 31.0 Å². The van der Waals surface area contributed by atoms with Crippen LogP contribution in [0.25, 0.3) is 0 Å². The molecule has 2 unspecified atom stereocenters. The normalized spacial score (nSPS) is 22.7. The van der Waals surface area contributed by atoms with E-state index in [-0.39, 0.29) is 29.7 Å². The number of likely N-dealkylation sites (tertiary alicyclic amines) is 1. The molecule has 1 heterocycles. The number of amides is 2. The first-order valence-corrected chi connectivity index (χ1v) is 8.51. The van der Waals surface area contributed by atoms with E-state index in [9.17, 15) is 9.59 Å². The molecular weight excluding hydrogens is 264 g/mol. The monoisotopic (exact) mass is 296 g/mol. The Balaban J connectivity index is 2.72. The maximum absolute atomic E-state index is 12.6. The van der Waals surface area contributed by atoms with E-state index in [1.807, 2.05) is 18.7 Å². The van der Waals surface area contributed by atoms with E-state index in [1.165, 1.54) is 0 Å². The van der Waals surface area contributed by atoms with Crippen LogP contribution in [0.4, 0.5) is 0 Å². The van der Waals surface area contributed by atoms with Crippen molar-refractivity contribution in [3.05, 3.63) is 0 Å². The average Bonchev–Trinajstić information content (AvgIpc) is 2.47. The molecule has 0 radical (unpaired) electrons. The van der Waals surface area contributed by atoms with Gasteiger partial charge in [-0.2, -0.15) is 0 Å². The summed E-state index contributed by atoms with van der Waals surface area (Å²) in [6, 6.07) is 0.108. The lowest BCUT2D eigenvalue weighted by atomic mass is 9.90. The number of piperidine rings is 1. The van der Waals surface area contributed by atoms with Crippen molar-refractivity contribution < 1.29 is 9.59 Å². The third kappa shape index (κ3) is 5.01. The highest BCUT2D eigenvalue weighted by atomic mass is 16.2. The molecule has 0 aliphatic carbocycles. The molecule has 2 atom stereocenters. The molecule has 1 N–H and O–H groups in total. The molecule has 0 aromatic carbocycles. The van der Waals surface area contributed by atoms with Gasteiger partial charge in [-0.3, -0.25) is 9.59 Å². The van der Waals surface area contributed by atoms with Crippen molar-refractivity contribution in [2.75, 3.05) is 13.1 Å². The zero-order valence-electron chi connectivity index (χ0n) is 14.3. The predicted molar refractivity (Wildman–Crippen MR) is 85.8 cm³/mol. The molecule has 1 fully saturated rings. The number of nitrogens with zero attached hydrogens (tertiary/aromatic N) is 1. The van der Waals surface area contributed by atoms with Crippen LogP contribution in [0.1, 0.15) is 60.3 Å². The Kier molecular flexibility index (Phi) is 7.20. The Hall–Kier alpha value is -1.06. The van der Waals surface area contributed by atoms with Crippen molar-refractivity contribution in [3.63, 3.8) is 0 Å². The molecule has 0 bridgehead atoms. The maximum Gasteiger partial charge on any atom is 0.225 e. The molecule has 4 heteroatoms. The highest BCUT2D eigenvalue weighted by molar-refractivity contribution is 5.80. The number of carbonyl (C=O) groups is 2. The quantitative estimate of drug-likeness (QED) is 0.819. The van der Waals surface area contributed by atoms with Crippen molar-refractivity contribution in [1.82, 2.24) is 10.2 Å². The summed E-state index contributed by atoms with van der Waals surface area (Å²) in [5, 5.41) is 3.11. The van der Waals surface area contributed by atoms with E-state index in [4.69, 9.17) is 0 Å². The average molecular weight is 296 g/mol.